The quantitative estimate of drug-likeness (QED) is 0.337. The Hall–Kier alpha value is -3.56. The molecular weight excluding hydrogens is 538 g/mol. The number of anilines is 1. The topological polar surface area (TPSA) is 96.0 Å². The van der Waals surface area contributed by atoms with Gasteiger partial charge in [-0.25, -0.2) is 8.42 Å². The molecule has 208 valence electrons. The summed E-state index contributed by atoms with van der Waals surface area (Å²) in [6.45, 7) is 5.38. The van der Waals surface area contributed by atoms with Crippen LogP contribution in [0.3, 0.4) is 0 Å². The number of sulfonamides is 1. The maximum absolute atomic E-state index is 13.9. The van der Waals surface area contributed by atoms with E-state index >= 15 is 0 Å². The maximum atomic E-state index is 13.9. The van der Waals surface area contributed by atoms with E-state index in [0.717, 1.165) is 16.3 Å². The van der Waals surface area contributed by atoms with Crippen LogP contribution in [-0.2, 0) is 26.2 Å². The first-order valence-electron chi connectivity index (χ1n) is 12.6. The molecule has 0 aliphatic carbocycles. The number of nitrogens with one attached hydrogen (secondary N) is 1. The lowest BCUT2D eigenvalue weighted by molar-refractivity contribution is -0.139. The van der Waals surface area contributed by atoms with Crippen LogP contribution in [0.25, 0.3) is 0 Å². The molecule has 10 heteroatoms. The summed E-state index contributed by atoms with van der Waals surface area (Å²) in [5.41, 5.74) is 1.78. The van der Waals surface area contributed by atoms with E-state index in [1.165, 1.54) is 29.2 Å². The SMILES string of the molecule is CCCNC(=O)C(C)N(Cc1cccc(OC)c1)C(=O)CN(c1ccccc1C)S(=O)(=O)c1ccc(Cl)cc1. The molecule has 0 aromatic heterocycles. The number of hydrogen-bond acceptors (Lipinski definition) is 5. The summed E-state index contributed by atoms with van der Waals surface area (Å²) in [6.07, 6.45) is 0.739. The fraction of sp³-hybridized carbons (Fsp3) is 0.310. The minimum absolute atomic E-state index is 0.00367. The lowest BCUT2D eigenvalue weighted by Gasteiger charge is -2.32. The predicted molar refractivity (Wildman–Crippen MR) is 153 cm³/mol. The van der Waals surface area contributed by atoms with Crippen LogP contribution < -0.4 is 14.4 Å². The van der Waals surface area contributed by atoms with Gasteiger partial charge in [-0.05, 0) is 73.9 Å². The van der Waals surface area contributed by atoms with Crippen molar-refractivity contribution in [3.8, 4) is 5.75 Å². The Balaban J connectivity index is 2.03. The van der Waals surface area contributed by atoms with Gasteiger partial charge in [0.25, 0.3) is 10.0 Å². The highest BCUT2D eigenvalue weighted by Crippen LogP contribution is 2.28. The van der Waals surface area contributed by atoms with Crippen LogP contribution in [-0.4, -0.2) is 51.4 Å². The largest absolute Gasteiger partial charge is 0.497 e. The molecule has 0 radical (unpaired) electrons. The number of carbonyl (C=O) groups excluding carboxylic acids is 2. The highest BCUT2D eigenvalue weighted by atomic mass is 35.5. The summed E-state index contributed by atoms with van der Waals surface area (Å²) in [7, 11) is -2.61. The fourth-order valence-electron chi connectivity index (χ4n) is 4.04. The third kappa shape index (κ3) is 7.52. The number of amides is 2. The Bertz CT molecular complexity index is 1400. The summed E-state index contributed by atoms with van der Waals surface area (Å²) >= 11 is 5.99. The number of hydrogen-bond donors (Lipinski definition) is 1. The van der Waals surface area contributed by atoms with Gasteiger partial charge in [0, 0.05) is 18.1 Å². The van der Waals surface area contributed by atoms with Crippen molar-refractivity contribution in [2.24, 2.45) is 0 Å². The third-order valence-corrected chi connectivity index (χ3v) is 8.29. The first kappa shape index (κ1) is 30.0. The molecule has 0 saturated carbocycles. The van der Waals surface area contributed by atoms with Crippen molar-refractivity contribution in [2.75, 3.05) is 24.5 Å². The Morgan fingerprint density at radius 3 is 2.36 bits per heavy atom. The average molecular weight is 572 g/mol. The summed E-state index contributed by atoms with van der Waals surface area (Å²) in [5, 5.41) is 3.22. The number of nitrogens with zero attached hydrogens (tertiary/aromatic N) is 2. The normalized spacial score (nSPS) is 11.9. The molecule has 39 heavy (non-hydrogen) atoms. The number of carbonyl (C=O) groups is 2. The predicted octanol–water partition coefficient (Wildman–Crippen LogP) is 4.80. The lowest BCUT2D eigenvalue weighted by atomic mass is 10.1. The number of methoxy groups -OCH3 is 1. The lowest BCUT2D eigenvalue weighted by Crippen LogP contribution is -2.51. The Morgan fingerprint density at radius 1 is 1.03 bits per heavy atom. The molecule has 2 amide bonds. The molecule has 0 bridgehead atoms. The van der Waals surface area contributed by atoms with Gasteiger partial charge in [0.15, 0.2) is 0 Å². The smallest absolute Gasteiger partial charge is 0.264 e. The van der Waals surface area contributed by atoms with Crippen molar-refractivity contribution >= 4 is 39.1 Å². The van der Waals surface area contributed by atoms with Gasteiger partial charge in [-0.15, -0.1) is 0 Å². The molecule has 3 rings (SSSR count). The van der Waals surface area contributed by atoms with E-state index in [9.17, 15) is 18.0 Å². The van der Waals surface area contributed by atoms with Crippen LogP contribution in [0.2, 0.25) is 5.02 Å². The molecule has 0 aliphatic heterocycles. The molecule has 1 N–H and O–H groups in total. The van der Waals surface area contributed by atoms with Crippen LogP contribution in [0, 0.1) is 6.92 Å². The Labute approximate surface area is 235 Å². The number of benzene rings is 3. The van der Waals surface area contributed by atoms with Gasteiger partial charge in [0.2, 0.25) is 11.8 Å². The van der Waals surface area contributed by atoms with E-state index in [1.807, 2.05) is 13.0 Å². The minimum atomic E-state index is -4.16. The number of aryl methyl sites for hydroxylation is 1. The van der Waals surface area contributed by atoms with Crippen molar-refractivity contribution in [1.29, 1.82) is 0 Å². The molecule has 3 aromatic rings. The van der Waals surface area contributed by atoms with Crippen molar-refractivity contribution in [3.05, 3.63) is 88.9 Å². The Kier molecular flexibility index (Phi) is 10.4. The minimum Gasteiger partial charge on any atom is -0.497 e. The van der Waals surface area contributed by atoms with E-state index in [4.69, 9.17) is 16.3 Å². The first-order chi connectivity index (χ1) is 18.6. The van der Waals surface area contributed by atoms with Crippen LogP contribution >= 0.6 is 11.6 Å². The zero-order valence-corrected chi connectivity index (χ0v) is 24.1. The Morgan fingerprint density at radius 2 is 1.72 bits per heavy atom. The second-order valence-electron chi connectivity index (χ2n) is 9.09. The molecule has 0 spiro atoms. The van der Waals surface area contributed by atoms with Gasteiger partial charge < -0.3 is 15.0 Å². The molecule has 3 aromatic carbocycles. The average Bonchev–Trinajstić information content (AvgIpc) is 2.93. The zero-order valence-electron chi connectivity index (χ0n) is 22.6. The molecule has 0 saturated heterocycles. The summed E-state index contributed by atoms with van der Waals surface area (Å²) in [6, 6.07) is 19.0. The standard InChI is InChI=1S/C29H34ClN3O5S/c1-5-17-31-29(35)22(3)32(19-23-10-8-11-25(18-23)38-4)28(34)20-33(27-12-7-6-9-21(27)2)39(36,37)26-15-13-24(30)14-16-26/h6-16,18,22H,5,17,19-20H2,1-4H3,(H,31,35). The molecule has 0 heterocycles. The number of ether oxygens (including phenoxy) is 1. The number of rotatable bonds is 12. The molecule has 0 fully saturated rings. The summed E-state index contributed by atoms with van der Waals surface area (Å²) in [4.78, 5) is 28.3. The van der Waals surface area contributed by atoms with Crippen molar-refractivity contribution < 1.29 is 22.7 Å². The molecule has 0 aliphatic rings. The maximum Gasteiger partial charge on any atom is 0.264 e. The molecule has 1 unspecified atom stereocenters. The van der Waals surface area contributed by atoms with E-state index in [0.29, 0.717) is 28.6 Å². The van der Waals surface area contributed by atoms with Gasteiger partial charge in [-0.2, -0.15) is 0 Å². The van der Waals surface area contributed by atoms with E-state index < -0.39 is 28.5 Å². The van der Waals surface area contributed by atoms with Crippen LogP contribution in [0.5, 0.6) is 5.75 Å². The van der Waals surface area contributed by atoms with Gasteiger partial charge >= 0.3 is 0 Å². The number of halogens is 1. The van der Waals surface area contributed by atoms with Crippen molar-refractivity contribution in [2.45, 2.75) is 44.7 Å². The van der Waals surface area contributed by atoms with Gasteiger partial charge in [-0.1, -0.05) is 48.9 Å². The highest BCUT2D eigenvalue weighted by molar-refractivity contribution is 7.92. The second-order valence-corrected chi connectivity index (χ2v) is 11.4. The third-order valence-electron chi connectivity index (χ3n) is 6.27. The van der Waals surface area contributed by atoms with Crippen LogP contribution in [0.15, 0.2) is 77.7 Å². The first-order valence-corrected chi connectivity index (χ1v) is 14.4. The van der Waals surface area contributed by atoms with Crippen LogP contribution in [0.4, 0.5) is 5.69 Å². The van der Waals surface area contributed by atoms with E-state index in [2.05, 4.69) is 5.32 Å². The monoisotopic (exact) mass is 571 g/mol. The van der Waals surface area contributed by atoms with E-state index in [1.54, 1.807) is 63.4 Å². The van der Waals surface area contributed by atoms with Crippen LogP contribution in [0.1, 0.15) is 31.4 Å². The molecular formula is C29H34ClN3O5S. The summed E-state index contributed by atoms with van der Waals surface area (Å²) < 4.78 is 34.1. The second kappa shape index (κ2) is 13.5. The molecule has 1 atom stereocenters. The highest BCUT2D eigenvalue weighted by Gasteiger charge is 2.33. The molecule has 8 nitrogen and oxygen atoms in total. The fourth-order valence-corrected chi connectivity index (χ4v) is 5.64. The van der Waals surface area contributed by atoms with Gasteiger partial charge in [0.1, 0.15) is 18.3 Å². The number of para-hydroxylation sites is 1. The zero-order chi connectivity index (χ0) is 28.6. The van der Waals surface area contributed by atoms with Crippen molar-refractivity contribution in [1.82, 2.24) is 10.2 Å². The van der Waals surface area contributed by atoms with Gasteiger partial charge in [0.05, 0.1) is 17.7 Å². The van der Waals surface area contributed by atoms with E-state index in [-0.39, 0.29) is 17.3 Å². The van der Waals surface area contributed by atoms with Crippen molar-refractivity contribution in [3.63, 3.8) is 0 Å². The summed E-state index contributed by atoms with van der Waals surface area (Å²) in [5.74, 6) is -0.247. The van der Waals surface area contributed by atoms with Gasteiger partial charge in [-0.3, -0.25) is 13.9 Å².